The van der Waals surface area contributed by atoms with Crippen molar-refractivity contribution in [3.63, 3.8) is 0 Å². The second-order valence-corrected chi connectivity index (χ2v) is 4.69. The molecular weight excluding hydrogens is 228 g/mol. The standard InChI is InChI=1S/C14H16N2O2/c1-16-9-8-15-14(16)13(17)10-2-4-11(5-3-10)18-12-6-7-12/h2-5,8-9,12-13,17H,6-7H2,1H3. The van der Waals surface area contributed by atoms with Crippen LogP contribution in [-0.4, -0.2) is 20.8 Å². The molecule has 1 saturated carbocycles. The van der Waals surface area contributed by atoms with Gasteiger partial charge in [-0.05, 0) is 30.5 Å². The van der Waals surface area contributed by atoms with Crippen LogP contribution in [0.3, 0.4) is 0 Å². The van der Waals surface area contributed by atoms with Crippen molar-refractivity contribution in [1.29, 1.82) is 0 Å². The third-order valence-corrected chi connectivity index (χ3v) is 3.13. The summed E-state index contributed by atoms with van der Waals surface area (Å²) in [5, 5.41) is 10.2. The van der Waals surface area contributed by atoms with Gasteiger partial charge in [0.1, 0.15) is 17.7 Å². The summed E-state index contributed by atoms with van der Waals surface area (Å²) in [5.74, 6) is 1.51. The Hall–Kier alpha value is -1.81. The molecule has 1 aliphatic rings. The van der Waals surface area contributed by atoms with Crippen LogP contribution in [0.1, 0.15) is 30.3 Å². The molecule has 0 bridgehead atoms. The Kier molecular flexibility index (Phi) is 2.80. The van der Waals surface area contributed by atoms with Crippen LogP contribution in [0.2, 0.25) is 0 Å². The number of aromatic nitrogens is 2. The van der Waals surface area contributed by atoms with E-state index in [2.05, 4.69) is 4.98 Å². The van der Waals surface area contributed by atoms with Gasteiger partial charge in [-0.1, -0.05) is 12.1 Å². The van der Waals surface area contributed by atoms with Gasteiger partial charge in [0.2, 0.25) is 0 Å². The molecule has 0 aliphatic heterocycles. The smallest absolute Gasteiger partial charge is 0.142 e. The molecule has 4 nitrogen and oxygen atoms in total. The van der Waals surface area contributed by atoms with E-state index in [9.17, 15) is 5.11 Å². The predicted octanol–water partition coefficient (Wildman–Crippen LogP) is 2.04. The molecule has 0 amide bonds. The number of rotatable bonds is 4. The van der Waals surface area contributed by atoms with Crippen molar-refractivity contribution in [3.05, 3.63) is 48.0 Å². The Bertz CT molecular complexity index is 529. The molecule has 1 aromatic carbocycles. The highest BCUT2D eigenvalue weighted by Crippen LogP contribution is 2.28. The summed E-state index contributed by atoms with van der Waals surface area (Å²) in [4.78, 5) is 4.15. The number of benzene rings is 1. The van der Waals surface area contributed by atoms with Crippen LogP contribution in [0.4, 0.5) is 0 Å². The lowest BCUT2D eigenvalue weighted by atomic mass is 10.1. The molecule has 1 N–H and O–H groups in total. The normalized spacial score (nSPS) is 16.6. The highest BCUT2D eigenvalue weighted by Gasteiger charge is 2.23. The highest BCUT2D eigenvalue weighted by atomic mass is 16.5. The van der Waals surface area contributed by atoms with Crippen LogP contribution >= 0.6 is 0 Å². The van der Waals surface area contributed by atoms with Crippen molar-refractivity contribution >= 4 is 0 Å². The quantitative estimate of drug-likeness (QED) is 0.895. The van der Waals surface area contributed by atoms with Crippen LogP contribution in [0.5, 0.6) is 5.75 Å². The van der Waals surface area contributed by atoms with E-state index in [4.69, 9.17) is 4.74 Å². The van der Waals surface area contributed by atoms with Gasteiger partial charge in [-0.3, -0.25) is 0 Å². The summed E-state index contributed by atoms with van der Waals surface area (Å²) in [6.45, 7) is 0. The third kappa shape index (κ3) is 2.24. The molecule has 1 unspecified atom stereocenters. The zero-order chi connectivity index (χ0) is 12.5. The first-order valence-corrected chi connectivity index (χ1v) is 6.16. The molecule has 1 heterocycles. The molecule has 18 heavy (non-hydrogen) atoms. The molecule has 3 rings (SSSR count). The lowest BCUT2D eigenvalue weighted by Crippen LogP contribution is -2.07. The lowest BCUT2D eigenvalue weighted by molar-refractivity contribution is 0.206. The van der Waals surface area contributed by atoms with Crippen molar-refractivity contribution in [2.24, 2.45) is 7.05 Å². The number of aryl methyl sites for hydroxylation is 1. The predicted molar refractivity (Wildman–Crippen MR) is 67.4 cm³/mol. The van der Waals surface area contributed by atoms with Crippen LogP contribution in [-0.2, 0) is 7.05 Å². The monoisotopic (exact) mass is 244 g/mol. The molecule has 1 fully saturated rings. The number of imidazole rings is 1. The average Bonchev–Trinajstić information content (AvgIpc) is 3.09. The fraction of sp³-hybridized carbons (Fsp3) is 0.357. The molecule has 0 saturated heterocycles. The Balaban J connectivity index is 1.77. The second-order valence-electron chi connectivity index (χ2n) is 4.69. The SMILES string of the molecule is Cn1ccnc1C(O)c1ccc(OC2CC2)cc1. The van der Waals surface area contributed by atoms with Crippen LogP contribution in [0, 0.1) is 0 Å². The van der Waals surface area contributed by atoms with Gasteiger partial charge >= 0.3 is 0 Å². The molecule has 4 heteroatoms. The largest absolute Gasteiger partial charge is 0.490 e. The number of aliphatic hydroxyl groups excluding tert-OH is 1. The first kappa shape index (κ1) is 11.3. The molecule has 2 aromatic rings. The summed E-state index contributed by atoms with van der Waals surface area (Å²) in [6.07, 6.45) is 5.51. The van der Waals surface area contributed by atoms with Gasteiger partial charge < -0.3 is 14.4 Å². The molecule has 94 valence electrons. The maximum absolute atomic E-state index is 10.2. The molecule has 1 aromatic heterocycles. The minimum absolute atomic E-state index is 0.398. The van der Waals surface area contributed by atoms with Gasteiger partial charge in [0.05, 0.1) is 6.10 Å². The first-order chi connectivity index (χ1) is 8.74. The maximum Gasteiger partial charge on any atom is 0.142 e. The van der Waals surface area contributed by atoms with Crippen LogP contribution in [0.15, 0.2) is 36.7 Å². The minimum atomic E-state index is -0.694. The van der Waals surface area contributed by atoms with E-state index in [1.54, 1.807) is 6.20 Å². The molecule has 1 atom stereocenters. The van der Waals surface area contributed by atoms with E-state index in [0.29, 0.717) is 11.9 Å². The summed E-state index contributed by atoms with van der Waals surface area (Å²) in [6, 6.07) is 7.58. The van der Waals surface area contributed by atoms with E-state index in [1.807, 2.05) is 42.1 Å². The van der Waals surface area contributed by atoms with E-state index < -0.39 is 6.10 Å². The zero-order valence-corrected chi connectivity index (χ0v) is 10.3. The van der Waals surface area contributed by atoms with Crippen molar-refractivity contribution in [3.8, 4) is 5.75 Å². The molecule has 0 spiro atoms. The van der Waals surface area contributed by atoms with Gasteiger partial charge in [0, 0.05) is 19.4 Å². The third-order valence-electron chi connectivity index (χ3n) is 3.13. The summed E-state index contributed by atoms with van der Waals surface area (Å²) in [5.41, 5.74) is 0.826. The van der Waals surface area contributed by atoms with E-state index in [-0.39, 0.29) is 0 Å². The van der Waals surface area contributed by atoms with E-state index in [1.165, 1.54) is 0 Å². The molecular formula is C14H16N2O2. The Morgan fingerprint density at radius 3 is 2.61 bits per heavy atom. The number of ether oxygens (including phenoxy) is 1. The average molecular weight is 244 g/mol. The summed E-state index contributed by atoms with van der Waals surface area (Å²) in [7, 11) is 1.87. The Labute approximate surface area is 106 Å². The fourth-order valence-corrected chi connectivity index (χ4v) is 1.90. The van der Waals surface area contributed by atoms with Gasteiger partial charge in [-0.15, -0.1) is 0 Å². The summed E-state index contributed by atoms with van der Waals surface area (Å²) < 4.78 is 7.49. The van der Waals surface area contributed by atoms with E-state index in [0.717, 1.165) is 24.2 Å². The number of aliphatic hydroxyl groups is 1. The Morgan fingerprint density at radius 2 is 2.06 bits per heavy atom. The van der Waals surface area contributed by atoms with Crippen molar-refractivity contribution in [1.82, 2.24) is 9.55 Å². The van der Waals surface area contributed by atoms with Crippen molar-refractivity contribution in [2.75, 3.05) is 0 Å². The van der Waals surface area contributed by atoms with Gasteiger partial charge in [0.15, 0.2) is 0 Å². The highest BCUT2D eigenvalue weighted by molar-refractivity contribution is 5.31. The minimum Gasteiger partial charge on any atom is -0.490 e. The second kappa shape index (κ2) is 4.46. The van der Waals surface area contributed by atoms with Crippen LogP contribution < -0.4 is 4.74 Å². The van der Waals surface area contributed by atoms with Gasteiger partial charge in [-0.25, -0.2) is 4.98 Å². The summed E-state index contributed by atoms with van der Waals surface area (Å²) >= 11 is 0. The fourth-order valence-electron chi connectivity index (χ4n) is 1.90. The Morgan fingerprint density at radius 1 is 1.33 bits per heavy atom. The molecule has 0 radical (unpaired) electrons. The first-order valence-electron chi connectivity index (χ1n) is 6.16. The van der Waals surface area contributed by atoms with Crippen LogP contribution in [0.25, 0.3) is 0 Å². The number of nitrogens with zero attached hydrogens (tertiary/aromatic N) is 2. The topological polar surface area (TPSA) is 47.3 Å². The van der Waals surface area contributed by atoms with Gasteiger partial charge in [-0.2, -0.15) is 0 Å². The van der Waals surface area contributed by atoms with Crippen molar-refractivity contribution < 1.29 is 9.84 Å². The maximum atomic E-state index is 10.2. The number of hydrogen-bond donors (Lipinski definition) is 1. The van der Waals surface area contributed by atoms with E-state index >= 15 is 0 Å². The van der Waals surface area contributed by atoms with Crippen molar-refractivity contribution in [2.45, 2.75) is 25.0 Å². The number of hydrogen-bond acceptors (Lipinski definition) is 3. The van der Waals surface area contributed by atoms with Gasteiger partial charge in [0.25, 0.3) is 0 Å². The lowest BCUT2D eigenvalue weighted by Gasteiger charge is -2.12. The molecule has 1 aliphatic carbocycles. The zero-order valence-electron chi connectivity index (χ0n) is 10.3.